The summed E-state index contributed by atoms with van der Waals surface area (Å²) in [6.07, 6.45) is 2.11. The van der Waals surface area contributed by atoms with E-state index < -0.39 is 6.04 Å². The number of ether oxygens (including phenoxy) is 2. The predicted molar refractivity (Wildman–Crippen MR) is 159 cm³/mol. The molecule has 11 heteroatoms. The van der Waals surface area contributed by atoms with Gasteiger partial charge in [-0.15, -0.1) is 0 Å². The van der Waals surface area contributed by atoms with Gasteiger partial charge in [0, 0.05) is 52.4 Å². The number of likely N-dealkylation sites (N-methyl/N-ethyl adjacent to an activating group) is 1. The molecule has 0 bridgehead atoms. The molecule has 41 heavy (non-hydrogen) atoms. The summed E-state index contributed by atoms with van der Waals surface area (Å²) < 4.78 is 17.8. The van der Waals surface area contributed by atoms with Gasteiger partial charge in [-0.25, -0.2) is 4.79 Å². The average molecular weight is 574 g/mol. The molecule has 0 aliphatic carbocycles. The molecule has 0 unspecified atom stereocenters. The highest BCUT2D eigenvalue weighted by Gasteiger charge is 2.31. The fourth-order valence-corrected chi connectivity index (χ4v) is 4.87. The standard InChI is InChI=1S/C30H47N5O6/c1-19-16-35(20(2)18-36)29(37)25-15-24(33(6)7)12-13-26(25)40-21(3)11-9-10-14-39-27(19)17-34(8)30(38)31-28-22(4)32-41-23(28)5/h12-13,15,19-21,27,36H,9-11,14,16-18H2,1-8H3,(H,31,38)/t19-,20-,21-,27-/m0/s1. The molecule has 1 aromatic heterocycles. The molecule has 3 amide bonds. The summed E-state index contributed by atoms with van der Waals surface area (Å²) in [6.45, 7) is 10.3. The molecule has 1 aliphatic heterocycles. The molecule has 0 radical (unpaired) electrons. The number of fused-ring (bicyclic) bond motifs is 1. The second-order valence-corrected chi connectivity index (χ2v) is 11.4. The fraction of sp³-hybridized carbons (Fsp3) is 0.633. The number of nitrogens with zero attached hydrogens (tertiary/aromatic N) is 4. The van der Waals surface area contributed by atoms with E-state index in [9.17, 15) is 14.7 Å². The van der Waals surface area contributed by atoms with E-state index in [2.05, 4.69) is 10.5 Å². The lowest BCUT2D eigenvalue weighted by molar-refractivity contribution is -0.0115. The first-order valence-electron chi connectivity index (χ1n) is 14.4. The SMILES string of the molecule is Cc1noc(C)c1NC(=O)N(C)C[C@@H]1OCCCC[C@H](C)Oc2ccc(N(C)C)cc2C(=O)N([C@@H](C)CO)C[C@@H]1C. The number of hydrogen-bond donors (Lipinski definition) is 2. The van der Waals surface area contributed by atoms with Crippen molar-refractivity contribution in [3.8, 4) is 5.75 Å². The molecule has 4 atom stereocenters. The molecule has 228 valence electrons. The molecule has 0 saturated carbocycles. The number of aliphatic hydroxyl groups is 1. The van der Waals surface area contributed by atoms with Crippen molar-refractivity contribution in [3.05, 3.63) is 35.2 Å². The molecule has 1 aliphatic rings. The molecule has 0 saturated heterocycles. The molecule has 11 nitrogen and oxygen atoms in total. The first-order chi connectivity index (χ1) is 19.4. The molecule has 0 spiro atoms. The van der Waals surface area contributed by atoms with Gasteiger partial charge in [-0.05, 0) is 65.2 Å². The lowest BCUT2D eigenvalue weighted by Gasteiger charge is -2.36. The zero-order chi connectivity index (χ0) is 30.3. The van der Waals surface area contributed by atoms with Gasteiger partial charge in [0.05, 0.1) is 30.4 Å². The van der Waals surface area contributed by atoms with Gasteiger partial charge in [-0.3, -0.25) is 4.79 Å². The summed E-state index contributed by atoms with van der Waals surface area (Å²) in [5, 5.41) is 16.9. The maximum Gasteiger partial charge on any atom is 0.321 e. The van der Waals surface area contributed by atoms with Gasteiger partial charge >= 0.3 is 6.03 Å². The van der Waals surface area contributed by atoms with Crippen molar-refractivity contribution >= 4 is 23.3 Å². The lowest BCUT2D eigenvalue weighted by atomic mass is 10.0. The van der Waals surface area contributed by atoms with Crippen molar-refractivity contribution in [1.29, 1.82) is 0 Å². The van der Waals surface area contributed by atoms with Crippen LogP contribution in [-0.2, 0) is 4.74 Å². The highest BCUT2D eigenvalue weighted by atomic mass is 16.5. The minimum Gasteiger partial charge on any atom is -0.490 e. The second-order valence-electron chi connectivity index (χ2n) is 11.4. The third-order valence-electron chi connectivity index (χ3n) is 7.62. The maximum atomic E-state index is 14.1. The van der Waals surface area contributed by atoms with Crippen LogP contribution in [0, 0.1) is 19.8 Å². The van der Waals surface area contributed by atoms with E-state index in [4.69, 9.17) is 14.0 Å². The van der Waals surface area contributed by atoms with Gasteiger partial charge in [0.1, 0.15) is 17.1 Å². The van der Waals surface area contributed by atoms with Crippen molar-refractivity contribution in [3.63, 3.8) is 0 Å². The number of rotatable bonds is 6. The Bertz CT molecular complexity index is 1150. The first-order valence-corrected chi connectivity index (χ1v) is 14.4. The Hall–Kier alpha value is -3.31. The van der Waals surface area contributed by atoms with Gasteiger partial charge in [0.2, 0.25) is 0 Å². The van der Waals surface area contributed by atoms with Crippen LogP contribution in [0.1, 0.15) is 61.8 Å². The van der Waals surface area contributed by atoms with Crippen LogP contribution in [0.5, 0.6) is 5.75 Å². The highest BCUT2D eigenvalue weighted by Crippen LogP contribution is 2.29. The number of aliphatic hydroxyl groups excluding tert-OH is 1. The molecular formula is C30H47N5O6. The Morgan fingerprint density at radius 2 is 1.95 bits per heavy atom. The third-order valence-corrected chi connectivity index (χ3v) is 7.62. The normalized spacial score (nSPS) is 21.3. The van der Waals surface area contributed by atoms with Crippen molar-refractivity contribution in [1.82, 2.24) is 15.0 Å². The number of benzene rings is 1. The minimum absolute atomic E-state index is 0.0905. The van der Waals surface area contributed by atoms with Gasteiger partial charge in [0.25, 0.3) is 5.91 Å². The summed E-state index contributed by atoms with van der Waals surface area (Å²) in [5.74, 6) is 0.710. The highest BCUT2D eigenvalue weighted by molar-refractivity contribution is 5.98. The van der Waals surface area contributed by atoms with Crippen LogP contribution in [0.15, 0.2) is 22.7 Å². The van der Waals surface area contributed by atoms with Crippen molar-refractivity contribution in [2.75, 3.05) is 57.7 Å². The number of nitrogens with one attached hydrogen (secondary N) is 1. The van der Waals surface area contributed by atoms with Crippen LogP contribution in [0.3, 0.4) is 0 Å². The number of hydrogen-bond acceptors (Lipinski definition) is 8. The Balaban J connectivity index is 1.89. The maximum absolute atomic E-state index is 14.1. The van der Waals surface area contributed by atoms with Crippen LogP contribution in [0.2, 0.25) is 0 Å². The van der Waals surface area contributed by atoms with Crippen molar-refractivity contribution < 1.29 is 28.7 Å². The van der Waals surface area contributed by atoms with Crippen molar-refractivity contribution in [2.45, 2.75) is 72.1 Å². The van der Waals surface area contributed by atoms with Crippen LogP contribution in [0.25, 0.3) is 0 Å². The zero-order valence-electron chi connectivity index (χ0n) is 25.8. The third kappa shape index (κ3) is 8.36. The number of carbonyl (C=O) groups excluding carboxylic acids is 2. The van der Waals surface area contributed by atoms with Crippen LogP contribution < -0.4 is 15.0 Å². The van der Waals surface area contributed by atoms with Gasteiger partial charge in [-0.1, -0.05) is 12.1 Å². The minimum atomic E-state index is -0.438. The monoisotopic (exact) mass is 573 g/mol. The molecular weight excluding hydrogens is 526 g/mol. The predicted octanol–water partition coefficient (Wildman–Crippen LogP) is 4.32. The van der Waals surface area contributed by atoms with Gasteiger partial charge in [-0.2, -0.15) is 0 Å². The topological polar surface area (TPSA) is 121 Å². The lowest BCUT2D eigenvalue weighted by Crippen LogP contribution is -2.48. The van der Waals surface area contributed by atoms with E-state index in [-0.39, 0.29) is 36.7 Å². The molecule has 0 fully saturated rings. The summed E-state index contributed by atoms with van der Waals surface area (Å²) >= 11 is 0. The van der Waals surface area contributed by atoms with E-state index in [0.29, 0.717) is 48.2 Å². The summed E-state index contributed by atoms with van der Waals surface area (Å²) in [6, 6.07) is 4.90. The van der Waals surface area contributed by atoms with Gasteiger partial charge in [0.15, 0.2) is 5.76 Å². The molecule has 2 N–H and O–H groups in total. The number of amides is 3. The molecule has 2 heterocycles. The van der Waals surface area contributed by atoms with E-state index in [0.717, 1.165) is 24.9 Å². The van der Waals surface area contributed by atoms with Crippen LogP contribution in [-0.4, -0.2) is 97.7 Å². The number of aryl methyl sites for hydroxylation is 2. The Morgan fingerprint density at radius 1 is 1.22 bits per heavy atom. The fourth-order valence-electron chi connectivity index (χ4n) is 4.87. The average Bonchev–Trinajstić information content (AvgIpc) is 3.25. The van der Waals surface area contributed by atoms with Crippen molar-refractivity contribution in [2.24, 2.45) is 5.92 Å². The Morgan fingerprint density at radius 3 is 2.59 bits per heavy atom. The Kier molecular flexibility index (Phi) is 11.4. The first kappa shape index (κ1) is 32.2. The molecule has 3 rings (SSSR count). The molecule has 2 aromatic rings. The van der Waals surface area contributed by atoms with Crippen LogP contribution >= 0.6 is 0 Å². The second kappa shape index (κ2) is 14.5. The summed E-state index contributed by atoms with van der Waals surface area (Å²) in [4.78, 5) is 32.4. The largest absolute Gasteiger partial charge is 0.490 e. The quantitative estimate of drug-likeness (QED) is 0.524. The Labute approximate surface area is 243 Å². The van der Waals surface area contributed by atoms with E-state index in [1.165, 1.54) is 0 Å². The summed E-state index contributed by atoms with van der Waals surface area (Å²) in [5.41, 5.74) is 2.50. The number of urea groups is 1. The van der Waals surface area contributed by atoms with Crippen LogP contribution in [0.4, 0.5) is 16.2 Å². The van der Waals surface area contributed by atoms with E-state index >= 15 is 0 Å². The smallest absolute Gasteiger partial charge is 0.321 e. The number of aromatic nitrogens is 1. The van der Waals surface area contributed by atoms with E-state index in [1.807, 2.05) is 58.0 Å². The number of anilines is 2. The zero-order valence-corrected chi connectivity index (χ0v) is 25.8. The summed E-state index contributed by atoms with van der Waals surface area (Å²) in [7, 11) is 5.57. The molecule has 1 aromatic carbocycles. The van der Waals surface area contributed by atoms with Gasteiger partial charge < -0.3 is 39.1 Å². The number of carbonyl (C=O) groups is 2. The van der Waals surface area contributed by atoms with E-state index in [1.54, 1.807) is 30.7 Å².